The van der Waals surface area contributed by atoms with Crippen molar-refractivity contribution in [3.05, 3.63) is 64.7 Å². The van der Waals surface area contributed by atoms with Crippen LogP contribution in [0, 0.1) is 6.92 Å². The number of amides is 1. The lowest BCUT2D eigenvalue weighted by atomic mass is 9.94. The van der Waals surface area contributed by atoms with E-state index in [0.717, 1.165) is 5.56 Å². The number of Topliss-reactive ketones (excluding diaryl/α,β-unsaturated/α-hetero) is 1. The van der Waals surface area contributed by atoms with Crippen molar-refractivity contribution in [2.45, 2.75) is 32.9 Å². The molecule has 0 aromatic heterocycles. The Hall–Kier alpha value is -3.32. The molecule has 2 aromatic rings. The van der Waals surface area contributed by atoms with Crippen molar-refractivity contribution in [2.75, 3.05) is 20.3 Å². The second-order valence-corrected chi connectivity index (χ2v) is 7.69. The molecule has 0 spiro atoms. The predicted molar refractivity (Wildman–Crippen MR) is 116 cm³/mol. The number of methoxy groups -OCH3 is 1. The third-order valence-corrected chi connectivity index (χ3v) is 5.20. The van der Waals surface area contributed by atoms with Crippen LogP contribution in [0.25, 0.3) is 5.76 Å². The van der Waals surface area contributed by atoms with Crippen molar-refractivity contribution in [3.63, 3.8) is 0 Å². The number of phenolic OH excluding ortho intramolecular Hbond substituents is 1. The molecule has 1 saturated heterocycles. The number of hydrogen-bond acceptors (Lipinski definition) is 6. The molecule has 1 aliphatic heterocycles. The van der Waals surface area contributed by atoms with Gasteiger partial charge in [0.2, 0.25) is 0 Å². The average molecular weight is 425 g/mol. The number of carbonyl (C=O) groups excluding carboxylic acids is 2. The van der Waals surface area contributed by atoms with Crippen LogP contribution < -0.4 is 4.74 Å². The molecule has 3 rings (SSSR count). The Morgan fingerprint density at radius 1 is 1.13 bits per heavy atom. The molecular weight excluding hydrogens is 398 g/mol. The smallest absolute Gasteiger partial charge is 0.295 e. The quantitative estimate of drug-likeness (QED) is 0.400. The molecule has 1 aliphatic rings. The topological polar surface area (TPSA) is 96.3 Å². The molecule has 0 radical (unpaired) electrons. The van der Waals surface area contributed by atoms with Gasteiger partial charge in [0.05, 0.1) is 31.4 Å². The highest BCUT2D eigenvalue weighted by Gasteiger charge is 2.45. The Morgan fingerprint density at radius 2 is 1.81 bits per heavy atom. The highest BCUT2D eigenvalue weighted by Crippen LogP contribution is 2.40. The molecule has 1 heterocycles. The van der Waals surface area contributed by atoms with Gasteiger partial charge in [0.1, 0.15) is 17.3 Å². The molecule has 0 bridgehead atoms. The van der Waals surface area contributed by atoms with Crippen LogP contribution in [0.5, 0.6) is 11.5 Å². The van der Waals surface area contributed by atoms with E-state index in [9.17, 15) is 19.8 Å². The van der Waals surface area contributed by atoms with E-state index in [2.05, 4.69) is 0 Å². The highest BCUT2D eigenvalue weighted by molar-refractivity contribution is 6.46. The van der Waals surface area contributed by atoms with Gasteiger partial charge in [0.25, 0.3) is 11.7 Å². The molecule has 1 fully saturated rings. The third kappa shape index (κ3) is 4.56. The van der Waals surface area contributed by atoms with E-state index in [4.69, 9.17) is 9.47 Å². The van der Waals surface area contributed by atoms with Gasteiger partial charge in [-0.3, -0.25) is 9.59 Å². The van der Waals surface area contributed by atoms with Crippen LogP contribution in [-0.2, 0) is 14.3 Å². The first kappa shape index (κ1) is 22.4. The summed E-state index contributed by atoms with van der Waals surface area (Å²) in [5.74, 6) is -0.993. The summed E-state index contributed by atoms with van der Waals surface area (Å²) in [6.07, 6.45) is -0.0220. The van der Waals surface area contributed by atoms with Gasteiger partial charge in [-0.15, -0.1) is 0 Å². The summed E-state index contributed by atoms with van der Waals surface area (Å²) in [5, 5.41) is 20.7. The van der Waals surface area contributed by atoms with Crippen molar-refractivity contribution in [1.82, 2.24) is 4.90 Å². The van der Waals surface area contributed by atoms with Crippen molar-refractivity contribution in [1.29, 1.82) is 0 Å². The lowest BCUT2D eigenvalue weighted by Gasteiger charge is -2.25. The molecule has 1 unspecified atom stereocenters. The Balaban J connectivity index is 2.10. The number of nitrogens with zero attached hydrogens (tertiary/aromatic N) is 1. The number of phenols is 1. The van der Waals surface area contributed by atoms with Crippen LogP contribution in [0.15, 0.2) is 48.0 Å². The Labute approximate surface area is 181 Å². The van der Waals surface area contributed by atoms with Crippen LogP contribution in [0.3, 0.4) is 0 Å². The number of carbonyl (C=O) groups is 2. The fourth-order valence-corrected chi connectivity index (χ4v) is 3.68. The highest BCUT2D eigenvalue weighted by atomic mass is 16.5. The minimum Gasteiger partial charge on any atom is -0.508 e. The minimum absolute atomic E-state index is 0.00445. The summed E-state index contributed by atoms with van der Waals surface area (Å²) in [6, 6.07) is 10.5. The van der Waals surface area contributed by atoms with Gasteiger partial charge in [-0.05, 0) is 62.2 Å². The van der Waals surface area contributed by atoms with E-state index in [1.807, 2.05) is 20.8 Å². The lowest BCUT2D eigenvalue weighted by Crippen LogP contribution is -2.33. The van der Waals surface area contributed by atoms with Gasteiger partial charge in [0.15, 0.2) is 0 Å². The number of ketones is 1. The molecule has 164 valence electrons. The van der Waals surface area contributed by atoms with Crippen LogP contribution in [0.2, 0.25) is 0 Å². The molecule has 7 heteroatoms. The second-order valence-electron chi connectivity index (χ2n) is 7.69. The number of benzene rings is 2. The molecule has 7 nitrogen and oxygen atoms in total. The van der Waals surface area contributed by atoms with E-state index in [-0.39, 0.29) is 36.3 Å². The summed E-state index contributed by atoms with van der Waals surface area (Å²) in [7, 11) is 1.55. The third-order valence-electron chi connectivity index (χ3n) is 5.20. The predicted octanol–water partition coefficient (Wildman–Crippen LogP) is 3.56. The summed E-state index contributed by atoms with van der Waals surface area (Å²) in [6.45, 7) is 6.04. The van der Waals surface area contributed by atoms with Crippen molar-refractivity contribution >= 4 is 17.4 Å². The zero-order valence-corrected chi connectivity index (χ0v) is 18.1. The molecule has 0 saturated carbocycles. The first-order valence-corrected chi connectivity index (χ1v) is 10.1. The molecule has 1 amide bonds. The average Bonchev–Trinajstić information content (AvgIpc) is 2.98. The fraction of sp³-hybridized carbons (Fsp3) is 0.333. The number of aliphatic hydroxyl groups is 1. The largest absolute Gasteiger partial charge is 0.508 e. The maximum absolute atomic E-state index is 13.0. The Bertz CT molecular complexity index is 1010. The molecule has 0 aliphatic carbocycles. The SMILES string of the molecule is COc1ccc(/C(O)=C2/C(=O)C(=O)N(CCOC(C)C)C2c2ccc(O)cc2)cc1C. The maximum Gasteiger partial charge on any atom is 0.295 e. The van der Waals surface area contributed by atoms with Crippen molar-refractivity contribution in [2.24, 2.45) is 0 Å². The van der Waals surface area contributed by atoms with Gasteiger partial charge < -0.3 is 24.6 Å². The summed E-state index contributed by atoms with van der Waals surface area (Å²) in [4.78, 5) is 27.2. The zero-order valence-electron chi connectivity index (χ0n) is 18.1. The van der Waals surface area contributed by atoms with Crippen LogP contribution in [0.1, 0.15) is 36.6 Å². The summed E-state index contributed by atoms with van der Waals surface area (Å²) < 4.78 is 10.8. The first-order valence-electron chi connectivity index (χ1n) is 10.1. The number of likely N-dealkylation sites (tertiary alicyclic amines) is 1. The Kier molecular flexibility index (Phi) is 6.65. The number of rotatable bonds is 7. The number of aliphatic hydroxyl groups excluding tert-OH is 1. The van der Waals surface area contributed by atoms with Crippen LogP contribution in [-0.4, -0.2) is 53.2 Å². The number of aryl methyl sites for hydroxylation is 1. The fourth-order valence-electron chi connectivity index (χ4n) is 3.68. The monoisotopic (exact) mass is 425 g/mol. The molecule has 2 N–H and O–H groups in total. The van der Waals surface area contributed by atoms with E-state index < -0.39 is 17.7 Å². The summed E-state index contributed by atoms with van der Waals surface area (Å²) >= 11 is 0. The molecule has 31 heavy (non-hydrogen) atoms. The van der Waals surface area contributed by atoms with Gasteiger partial charge >= 0.3 is 0 Å². The molecule has 1 atom stereocenters. The van der Waals surface area contributed by atoms with E-state index >= 15 is 0 Å². The van der Waals surface area contributed by atoms with Crippen molar-refractivity contribution in [3.8, 4) is 11.5 Å². The van der Waals surface area contributed by atoms with E-state index in [1.165, 1.54) is 17.0 Å². The number of hydrogen-bond donors (Lipinski definition) is 2. The van der Waals surface area contributed by atoms with E-state index in [0.29, 0.717) is 16.9 Å². The first-order chi connectivity index (χ1) is 14.7. The normalized spacial score (nSPS) is 18.1. The second kappa shape index (κ2) is 9.22. The Morgan fingerprint density at radius 3 is 2.39 bits per heavy atom. The van der Waals surface area contributed by atoms with Gasteiger partial charge in [0, 0.05) is 12.1 Å². The van der Waals surface area contributed by atoms with E-state index in [1.54, 1.807) is 37.4 Å². The van der Waals surface area contributed by atoms with Crippen molar-refractivity contribution < 1.29 is 29.3 Å². The molecular formula is C24H27NO6. The maximum atomic E-state index is 13.0. The van der Waals surface area contributed by atoms with Crippen LogP contribution in [0.4, 0.5) is 0 Å². The van der Waals surface area contributed by atoms with Gasteiger partial charge in [-0.1, -0.05) is 12.1 Å². The summed E-state index contributed by atoms with van der Waals surface area (Å²) in [5.41, 5.74) is 1.81. The van der Waals surface area contributed by atoms with Gasteiger partial charge in [-0.25, -0.2) is 0 Å². The molecule has 2 aromatic carbocycles. The van der Waals surface area contributed by atoms with Crippen LogP contribution >= 0.6 is 0 Å². The minimum atomic E-state index is -0.793. The number of ether oxygens (including phenoxy) is 2. The lowest BCUT2D eigenvalue weighted by molar-refractivity contribution is -0.140. The number of aromatic hydroxyl groups is 1. The zero-order chi connectivity index (χ0) is 22.7. The van der Waals surface area contributed by atoms with Gasteiger partial charge in [-0.2, -0.15) is 0 Å². The standard InChI is InChI=1S/C24H27NO6/c1-14(2)31-12-11-25-21(16-5-8-18(26)9-6-16)20(23(28)24(25)29)22(27)17-7-10-19(30-4)15(3)13-17/h5-10,13-14,21,26-27H,11-12H2,1-4H3/b22-20-.